The number of carbonyl (C=O) groups is 2. The summed E-state index contributed by atoms with van der Waals surface area (Å²) in [5.41, 5.74) is -0.350. The summed E-state index contributed by atoms with van der Waals surface area (Å²) in [7, 11) is 1.36. The first-order valence-corrected chi connectivity index (χ1v) is 14.4. The van der Waals surface area contributed by atoms with Gasteiger partial charge in [0.15, 0.2) is 21.2 Å². The summed E-state index contributed by atoms with van der Waals surface area (Å²) in [6, 6.07) is 16.7. The lowest BCUT2D eigenvalue weighted by atomic mass is 9.64. The molecule has 1 saturated carbocycles. The van der Waals surface area contributed by atoms with Crippen molar-refractivity contribution in [2.24, 2.45) is 0 Å². The number of phenolic OH excluding ortho intramolecular Hbond substituents is 1. The number of hydrogen-bond donors (Lipinski definition) is 1. The van der Waals surface area contributed by atoms with Crippen LogP contribution in [0, 0.1) is 5.82 Å². The Hall–Kier alpha value is -4.61. The molecule has 0 spiro atoms. The fourth-order valence-electron chi connectivity index (χ4n) is 6.74. The molecule has 0 radical (unpaired) electrons. The summed E-state index contributed by atoms with van der Waals surface area (Å²) in [4.78, 5) is 52.6. The van der Waals surface area contributed by atoms with E-state index in [1.807, 2.05) is 0 Å². The maximum Gasteiger partial charge on any atom is 0.352 e. The molecule has 1 aliphatic carbocycles. The normalized spacial score (nSPS) is 25.7. The number of imide groups is 1. The van der Waals surface area contributed by atoms with Crippen molar-refractivity contribution in [3.8, 4) is 17.2 Å². The fraction of sp³-hybridized carbons (Fsp3) is 0.226. The number of amides is 2. The highest BCUT2D eigenvalue weighted by Crippen LogP contribution is 2.65. The van der Waals surface area contributed by atoms with E-state index in [4.69, 9.17) is 27.9 Å². The van der Waals surface area contributed by atoms with Crippen LogP contribution >= 0.6 is 23.2 Å². The lowest BCUT2D eigenvalue weighted by molar-refractivity contribution is -0.122. The maximum absolute atomic E-state index is 14.4. The average molecular weight is 637 g/mol. The minimum Gasteiger partial charge on any atom is -0.504 e. The molecule has 3 aliphatic rings. The van der Waals surface area contributed by atoms with Gasteiger partial charge in [-0.1, -0.05) is 36.4 Å². The number of rotatable bonds is 4. The Bertz CT molecular complexity index is 2020. The molecule has 2 aliphatic heterocycles. The summed E-state index contributed by atoms with van der Waals surface area (Å²) in [5, 5.41) is 11.3. The molecule has 13 heteroatoms. The first-order chi connectivity index (χ1) is 21.0. The summed E-state index contributed by atoms with van der Waals surface area (Å²) >= 11 is 14.6. The molecule has 3 aromatic carbocycles. The maximum atomic E-state index is 14.4. The van der Waals surface area contributed by atoms with Crippen molar-refractivity contribution in [2.45, 2.75) is 34.7 Å². The third-order valence-corrected chi connectivity index (χ3v) is 10.2. The number of hydrogen-bond acceptors (Lipinski definition) is 6. The highest BCUT2D eigenvalue weighted by molar-refractivity contribution is 6.58. The molecule has 224 valence electrons. The third kappa shape index (κ3) is 3.53. The van der Waals surface area contributed by atoms with E-state index in [0.717, 1.165) is 21.6 Å². The van der Waals surface area contributed by atoms with Crippen molar-refractivity contribution in [1.82, 2.24) is 13.9 Å². The Morgan fingerprint density at radius 1 is 0.886 bits per heavy atom. The van der Waals surface area contributed by atoms with Gasteiger partial charge < -0.3 is 9.84 Å². The molecule has 7 rings (SSSR count). The second-order valence-electron chi connectivity index (χ2n) is 10.9. The van der Waals surface area contributed by atoms with Crippen molar-refractivity contribution in [1.29, 1.82) is 0 Å². The predicted molar refractivity (Wildman–Crippen MR) is 159 cm³/mol. The monoisotopic (exact) mass is 636 g/mol. The number of phenols is 1. The number of aromatic nitrogens is 3. The minimum absolute atomic E-state index is 0.0470. The molecule has 0 unspecified atom stereocenters. The Morgan fingerprint density at radius 3 is 2.27 bits per heavy atom. The molecule has 44 heavy (non-hydrogen) atoms. The van der Waals surface area contributed by atoms with Crippen molar-refractivity contribution >= 4 is 40.7 Å². The standard InChI is InChI=1S/C31H23Cl2FN4O6/c1-44-23-9-5-8-21(25(23)39)24-20-14-15-35-28(42)37(18-6-3-2-4-7-18)29(43)38(35)22(20)16-30(32)26(40)36(27(41)31(24,30)33)19-12-10-17(34)11-13-19/h2-14,22,24,39H,15-16H2,1H3/t22-,24-,30-,31+/m1/s1. The van der Waals surface area contributed by atoms with Crippen LogP contribution in [0.15, 0.2) is 94.0 Å². The van der Waals surface area contributed by atoms with Gasteiger partial charge in [0, 0.05) is 17.9 Å². The van der Waals surface area contributed by atoms with E-state index in [1.54, 1.807) is 42.5 Å². The number of halogens is 3. The van der Waals surface area contributed by atoms with E-state index in [-0.39, 0.29) is 35.7 Å². The van der Waals surface area contributed by atoms with Crippen LogP contribution in [0.5, 0.6) is 11.5 Å². The van der Waals surface area contributed by atoms with E-state index < -0.39 is 50.7 Å². The Balaban J connectivity index is 1.49. The molecule has 1 N–H and O–H groups in total. The van der Waals surface area contributed by atoms with Crippen LogP contribution in [0.1, 0.15) is 23.9 Å². The molecule has 3 heterocycles. The first-order valence-electron chi connectivity index (χ1n) is 13.6. The van der Waals surface area contributed by atoms with Gasteiger partial charge in [0.25, 0.3) is 11.8 Å². The summed E-state index contributed by atoms with van der Waals surface area (Å²) in [6.45, 7) is -0.0625. The van der Waals surface area contributed by atoms with E-state index in [2.05, 4.69) is 0 Å². The van der Waals surface area contributed by atoms with E-state index in [0.29, 0.717) is 11.3 Å². The number of para-hydroxylation sites is 2. The molecule has 10 nitrogen and oxygen atoms in total. The zero-order chi connectivity index (χ0) is 31.1. The number of alkyl halides is 2. The zero-order valence-electron chi connectivity index (χ0n) is 23.0. The Kier molecular flexibility index (Phi) is 6.21. The van der Waals surface area contributed by atoms with E-state index >= 15 is 0 Å². The van der Waals surface area contributed by atoms with Gasteiger partial charge >= 0.3 is 11.4 Å². The van der Waals surface area contributed by atoms with Crippen LogP contribution in [0.3, 0.4) is 0 Å². The summed E-state index contributed by atoms with van der Waals surface area (Å²) in [5.74, 6) is -3.85. The molecule has 1 aromatic heterocycles. The first kappa shape index (κ1) is 28.2. The molecular weight excluding hydrogens is 614 g/mol. The lowest BCUT2D eigenvalue weighted by Crippen LogP contribution is -2.59. The van der Waals surface area contributed by atoms with Crippen LogP contribution in [0.25, 0.3) is 5.69 Å². The van der Waals surface area contributed by atoms with Crippen LogP contribution in [0.4, 0.5) is 10.1 Å². The SMILES string of the molecule is COc1cccc([C@H]2C3=CCn4c(=O)n(-c5ccccc5)c(=O)n4[C@@H]3C[C@@]3(Cl)C(=O)N(c4ccc(F)cc4)C(=O)[C@@]23Cl)c1O. The van der Waals surface area contributed by atoms with Crippen LogP contribution in [0.2, 0.25) is 0 Å². The van der Waals surface area contributed by atoms with Gasteiger partial charge in [-0.3, -0.25) is 9.59 Å². The molecule has 0 bridgehead atoms. The number of nitrogens with zero attached hydrogens (tertiary/aromatic N) is 4. The molecule has 2 amide bonds. The quantitative estimate of drug-likeness (QED) is 0.207. The predicted octanol–water partition coefficient (Wildman–Crippen LogP) is 3.85. The molecule has 4 atom stereocenters. The van der Waals surface area contributed by atoms with Gasteiger partial charge in [-0.15, -0.1) is 23.2 Å². The second kappa shape index (κ2) is 9.70. The van der Waals surface area contributed by atoms with Crippen molar-refractivity contribution in [3.63, 3.8) is 0 Å². The Morgan fingerprint density at radius 2 is 1.59 bits per heavy atom. The number of fused-ring (bicyclic) bond motifs is 4. The number of aromatic hydroxyl groups is 1. The van der Waals surface area contributed by atoms with Gasteiger partial charge in [-0.25, -0.2) is 32.8 Å². The van der Waals surface area contributed by atoms with Crippen LogP contribution < -0.4 is 21.0 Å². The number of anilines is 1. The number of ether oxygens (including phenoxy) is 1. The largest absolute Gasteiger partial charge is 0.504 e. The van der Waals surface area contributed by atoms with Gasteiger partial charge in [-0.2, -0.15) is 0 Å². The van der Waals surface area contributed by atoms with E-state index in [9.17, 15) is 28.7 Å². The number of carbonyl (C=O) groups excluding carboxylic acids is 2. The number of allylic oxidation sites excluding steroid dienone is 2. The number of benzene rings is 3. The fourth-order valence-corrected chi connectivity index (χ4v) is 7.65. The zero-order valence-corrected chi connectivity index (χ0v) is 24.5. The number of methoxy groups -OCH3 is 1. The lowest BCUT2D eigenvalue weighted by Gasteiger charge is -2.49. The second-order valence-corrected chi connectivity index (χ2v) is 12.1. The van der Waals surface area contributed by atoms with E-state index in [1.165, 1.54) is 40.7 Å². The highest BCUT2D eigenvalue weighted by atomic mass is 35.5. The molecular formula is C31H23Cl2FN4O6. The van der Waals surface area contributed by atoms with Gasteiger partial charge in [0.1, 0.15) is 5.82 Å². The van der Waals surface area contributed by atoms with Crippen LogP contribution in [-0.2, 0) is 16.1 Å². The van der Waals surface area contributed by atoms with Crippen molar-refractivity contribution in [3.05, 3.63) is 117 Å². The van der Waals surface area contributed by atoms with Crippen molar-refractivity contribution < 1.29 is 23.8 Å². The van der Waals surface area contributed by atoms with Crippen LogP contribution in [-0.4, -0.2) is 47.7 Å². The van der Waals surface area contributed by atoms with Crippen molar-refractivity contribution in [2.75, 3.05) is 12.0 Å². The summed E-state index contributed by atoms with van der Waals surface area (Å²) in [6.07, 6.45) is 1.33. The smallest absolute Gasteiger partial charge is 0.352 e. The van der Waals surface area contributed by atoms with Gasteiger partial charge in [-0.05, 0) is 48.0 Å². The Labute approximate surface area is 258 Å². The molecule has 2 fully saturated rings. The topological polar surface area (TPSA) is 116 Å². The average Bonchev–Trinajstić information content (AvgIpc) is 3.36. The third-order valence-electron chi connectivity index (χ3n) is 8.74. The van der Waals surface area contributed by atoms with Gasteiger partial charge in [0.2, 0.25) is 0 Å². The highest BCUT2D eigenvalue weighted by Gasteiger charge is 2.76. The van der Waals surface area contributed by atoms with Gasteiger partial charge in [0.05, 0.1) is 31.1 Å². The molecule has 1 saturated heterocycles. The minimum atomic E-state index is -2.21. The summed E-state index contributed by atoms with van der Waals surface area (Å²) < 4.78 is 22.6. The molecule has 4 aromatic rings.